The van der Waals surface area contributed by atoms with Crippen LogP contribution in [0.3, 0.4) is 0 Å². The van der Waals surface area contributed by atoms with Crippen molar-refractivity contribution in [3.8, 4) is 0 Å². The maximum Gasteiger partial charge on any atom is 0.224 e. The number of rotatable bonds is 2. The number of hydrogen-bond acceptors (Lipinski definition) is 3. The van der Waals surface area contributed by atoms with Gasteiger partial charge in [0.2, 0.25) is 5.91 Å². The van der Waals surface area contributed by atoms with Crippen molar-refractivity contribution in [3.63, 3.8) is 0 Å². The average molecular weight is 233 g/mol. The number of pyridine rings is 1. The maximum atomic E-state index is 11.7. The van der Waals surface area contributed by atoms with Gasteiger partial charge in [-0.05, 0) is 18.4 Å². The van der Waals surface area contributed by atoms with Crippen molar-refractivity contribution in [2.24, 2.45) is 5.92 Å². The molecule has 2 rings (SSSR count). The summed E-state index contributed by atoms with van der Waals surface area (Å²) in [6.07, 6.45) is 4.56. The number of nitrogens with one attached hydrogen (secondary N) is 1. The van der Waals surface area contributed by atoms with Crippen molar-refractivity contribution in [2.75, 3.05) is 16.8 Å². The van der Waals surface area contributed by atoms with Crippen LogP contribution in [0.5, 0.6) is 0 Å². The molecule has 0 spiro atoms. The standard InChI is InChI=1S/C13H19N3O/c1-9(2)6-11-8-16(10(3)17)13-7-14-5-4-12(13)15-11/h4-5,7,9,11,15H,6,8H2,1-3H3/t11-/m1/s1. The lowest BCUT2D eigenvalue weighted by atomic mass is 10.0. The summed E-state index contributed by atoms with van der Waals surface area (Å²) in [5.41, 5.74) is 1.90. The molecule has 1 amide bonds. The van der Waals surface area contributed by atoms with E-state index in [0.717, 1.165) is 24.3 Å². The summed E-state index contributed by atoms with van der Waals surface area (Å²) in [5, 5.41) is 3.48. The summed E-state index contributed by atoms with van der Waals surface area (Å²) in [6.45, 7) is 6.73. The topological polar surface area (TPSA) is 45.2 Å². The van der Waals surface area contributed by atoms with E-state index in [1.165, 1.54) is 0 Å². The Morgan fingerprint density at radius 3 is 3.06 bits per heavy atom. The second-order valence-electron chi connectivity index (χ2n) is 4.99. The molecule has 92 valence electrons. The summed E-state index contributed by atoms with van der Waals surface area (Å²) in [4.78, 5) is 17.6. The number of aromatic nitrogens is 1. The third-order valence-corrected chi connectivity index (χ3v) is 2.99. The van der Waals surface area contributed by atoms with Gasteiger partial charge in [0.1, 0.15) is 0 Å². The lowest BCUT2D eigenvalue weighted by Crippen LogP contribution is -2.44. The Morgan fingerprint density at radius 2 is 2.41 bits per heavy atom. The summed E-state index contributed by atoms with van der Waals surface area (Å²) in [6, 6.07) is 2.26. The van der Waals surface area contributed by atoms with Crippen LogP contribution < -0.4 is 10.2 Å². The maximum absolute atomic E-state index is 11.7. The molecular weight excluding hydrogens is 214 g/mol. The van der Waals surface area contributed by atoms with Gasteiger partial charge in [0.15, 0.2) is 0 Å². The van der Waals surface area contributed by atoms with Crippen molar-refractivity contribution in [3.05, 3.63) is 18.5 Å². The van der Waals surface area contributed by atoms with Gasteiger partial charge >= 0.3 is 0 Å². The molecule has 0 fully saturated rings. The molecule has 1 aromatic rings. The number of amides is 1. The van der Waals surface area contributed by atoms with Crippen LogP contribution in [0.25, 0.3) is 0 Å². The van der Waals surface area contributed by atoms with E-state index in [1.54, 1.807) is 19.3 Å². The second kappa shape index (κ2) is 4.73. The minimum Gasteiger partial charge on any atom is -0.379 e. The van der Waals surface area contributed by atoms with Gasteiger partial charge in [-0.2, -0.15) is 0 Å². The summed E-state index contributed by atoms with van der Waals surface area (Å²) < 4.78 is 0. The quantitative estimate of drug-likeness (QED) is 0.852. The Balaban J connectivity index is 2.26. The molecule has 1 aliphatic rings. The molecule has 0 aromatic carbocycles. The lowest BCUT2D eigenvalue weighted by molar-refractivity contribution is -0.116. The first kappa shape index (κ1) is 11.9. The van der Waals surface area contributed by atoms with Crippen molar-refractivity contribution >= 4 is 17.3 Å². The fraction of sp³-hybridized carbons (Fsp3) is 0.538. The summed E-state index contributed by atoms with van der Waals surface area (Å²) in [5.74, 6) is 0.694. The molecule has 0 bridgehead atoms. The Morgan fingerprint density at radius 1 is 1.65 bits per heavy atom. The molecule has 2 heterocycles. The van der Waals surface area contributed by atoms with E-state index in [4.69, 9.17) is 0 Å². The molecule has 0 saturated carbocycles. The third-order valence-electron chi connectivity index (χ3n) is 2.99. The van der Waals surface area contributed by atoms with Gasteiger partial charge in [-0.3, -0.25) is 9.78 Å². The molecule has 0 aliphatic carbocycles. The highest BCUT2D eigenvalue weighted by Crippen LogP contribution is 2.31. The average Bonchev–Trinajstić information content (AvgIpc) is 2.27. The number of carbonyl (C=O) groups is 1. The largest absolute Gasteiger partial charge is 0.379 e. The number of anilines is 2. The lowest BCUT2D eigenvalue weighted by Gasteiger charge is -2.35. The van der Waals surface area contributed by atoms with Crippen LogP contribution >= 0.6 is 0 Å². The number of carbonyl (C=O) groups excluding carboxylic acids is 1. The molecule has 4 nitrogen and oxygen atoms in total. The predicted octanol–water partition coefficient (Wildman–Crippen LogP) is 2.27. The first-order valence-corrected chi connectivity index (χ1v) is 6.06. The molecule has 1 aliphatic heterocycles. The minimum absolute atomic E-state index is 0.0782. The Bertz CT molecular complexity index is 417. The fourth-order valence-electron chi connectivity index (χ4n) is 2.31. The second-order valence-corrected chi connectivity index (χ2v) is 4.99. The minimum atomic E-state index is 0.0782. The Kier molecular flexibility index (Phi) is 3.31. The number of nitrogens with zero attached hydrogens (tertiary/aromatic N) is 2. The Labute approximate surface area is 102 Å². The summed E-state index contributed by atoms with van der Waals surface area (Å²) in [7, 11) is 0. The highest BCUT2D eigenvalue weighted by molar-refractivity contribution is 5.96. The highest BCUT2D eigenvalue weighted by Gasteiger charge is 2.26. The van der Waals surface area contributed by atoms with Crippen molar-refractivity contribution < 1.29 is 4.79 Å². The first-order valence-electron chi connectivity index (χ1n) is 6.06. The normalized spacial score (nSPS) is 18.8. The molecule has 1 N–H and O–H groups in total. The molecule has 0 unspecified atom stereocenters. The zero-order valence-corrected chi connectivity index (χ0v) is 10.6. The zero-order valence-electron chi connectivity index (χ0n) is 10.6. The number of fused-ring (bicyclic) bond motifs is 1. The monoisotopic (exact) mass is 233 g/mol. The molecule has 0 radical (unpaired) electrons. The van der Waals surface area contributed by atoms with Gasteiger partial charge in [0, 0.05) is 25.7 Å². The van der Waals surface area contributed by atoms with E-state index in [2.05, 4.69) is 24.1 Å². The van der Waals surface area contributed by atoms with E-state index in [0.29, 0.717) is 12.0 Å². The fourth-order valence-corrected chi connectivity index (χ4v) is 2.31. The van der Waals surface area contributed by atoms with E-state index in [9.17, 15) is 4.79 Å². The van der Waals surface area contributed by atoms with Crippen molar-refractivity contribution in [1.82, 2.24) is 4.98 Å². The van der Waals surface area contributed by atoms with Crippen molar-refractivity contribution in [1.29, 1.82) is 0 Å². The van der Waals surface area contributed by atoms with Crippen LogP contribution in [0.4, 0.5) is 11.4 Å². The third kappa shape index (κ3) is 2.57. The molecular formula is C13H19N3O. The van der Waals surface area contributed by atoms with Crippen LogP contribution in [-0.2, 0) is 4.79 Å². The van der Waals surface area contributed by atoms with E-state index in [1.807, 2.05) is 11.0 Å². The van der Waals surface area contributed by atoms with Crippen LogP contribution in [-0.4, -0.2) is 23.5 Å². The Hall–Kier alpha value is -1.58. The van der Waals surface area contributed by atoms with Gasteiger partial charge in [0.05, 0.1) is 17.6 Å². The van der Waals surface area contributed by atoms with Gasteiger partial charge < -0.3 is 10.2 Å². The van der Waals surface area contributed by atoms with Gasteiger partial charge in [-0.15, -0.1) is 0 Å². The van der Waals surface area contributed by atoms with E-state index in [-0.39, 0.29) is 5.91 Å². The SMILES string of the molecule is CC(=O)N1C[C@@H](CC(C)C)Nc2ccncc21. The van der Waals surface area contributed by atoms with Crippen LogP contribution in [0.2, 0.25) is 0 Å². The van der Waals surface area contributed by atoms with Crippen LogP contribution in [0.1, 0.15) is 27.2 Å². The first-order chi connectivity index (χ1) is 8.08. The van der Waals surface area contributed by atoms with Crippen LogP contribution in [0, 0.1) is 5.92 Å². The van der Waals surface area contributed by atoms with E-state index < -0.39 is 0 Å². The molecule has 1 atom stereocenters. The number of hydrogen-bond donors (Lipinski definition) is 1. The van der Waals surface area contributed by atoms with Crippen molar-refractivity contribution in [2.45, 2.75) is 33.2 Å². The zero-order chi connectivity index (χ0) is 12.4. The molecule has 4 heteroatoms. The highest BCUT2D eigenvalue weighted by atomic mass is 16.2. The van der Waals surface area contributed by atoms with E-state index >= 15 is 0 Å². The van der Waals surface area contributed by atoms with Crippen LogP contribution in [0.15, 0.2) is 18.5 Å². The molecule has 0 saturated heterocycles. The smallest absolute Gasteiger partial charge is 0.224 e. The van der Waals surface area contributed by atoms with Gasteiger partial charge in [0.25, 0.3) is 0 Å². The molecule has 1 aromatic heterocycles. The predicted molar refractivity (Wildman–Crippen MR) is 69.1 cm³/mol. The summed E-state index contributed by atoms with van der Waals surface area (Å²) >= 11 is 0. The van der Waals surface area contributed by atoms with Gasteiger partial charge in [-0.1, -0.05) is 13.8 Å². The molecule has 17 heavy (non-hydrogen) atoms. The van der Waals surface area contributed by atoms with Gasteiger partial charge in [-0.25, -0.2) is 0 Å².